The first-order valence-electron chi connectivity index (χ1n) is 5.41. The molecule has 0 bridgehead atoms. The van der Waals surface area contributed by atoms with Gasteiger partial charge < -0.3 is 4.57 Å². The Bertz CT molecular complexity index is 494. The van der Waals surface area contributed by atoms with Gasteiger partial charge in [0.15, 0.2) is 0 Å². The number of carbonyl (C=O) groups is 1. The smallest absolute Gasteiger partial charge is 0.139 e. The molecule has 1 aromatic heterocycles. The Labute approximate surface area is 105 Å². The third kappa shape index (κ3) is 3.20. The molecule has 17 heavy (non-hydrogen) atoms. The summed E-state index contributed by atoms with van der Waals surface area (Å²) < 4.78 is 1.99. The summed E-state index contributed by atoms with van der Waals surface area (Å²) in [5.74, 6) is 1.63. The quantitative estimate of drug-likeness (QED) is 0.813. The van der Waals surface area contributed by atoms with E-state index >= 15 is 0 Å². The van der Waals surface area contributed by atoms with Crippen LogP contribution in [0.3, 0.4) is 0 Å². The maximum atomic E-state index is 10.9. The van der Waals surface area contributed by atoms with Gasteiger partial charge in [0.2, 0.25) is 0 Å². The Balaban J connectivity index is 2.14. The highest BCUT2D eigenvalue weighted by Gasteiger charge is 2.04. The van der Waals surface area contributed by atoms with Crippen LogP contribution in [0, 0.1) is 0 Å². The molecule has 0 fully saturated rings. The Kier molecular flexibility index (Phi) is 3.98. The van der Waals surface area contributed by atoms with E-state index in [4.69, 9.17) is 0 Å². The second-order valence-electron chi connectivity index (χ2n) is 3.79. The van der Waals surface area contributed by atoms with E-state index in [0.717, 1.165) is 11.4 Å². The zero-order chi connectivity index (χ0) is 12.1. The minimum atomic E-state index is 0.218. The van der Waals surface area contributed by atoms with Crippen molar-refractivity contribution in [1.29, 1.82) is 0 Å². The largest absolute Gasteiger partial charge is 0.306 e. The summed E-state index contributed by atoms with van der Waals surface area (Å²) in [4.78, 5) is 15.0. The molecule has 0 radical (unpaired) electrons. The molecule has 0 saturated carbocycles. The lowest BCUT2D eigenvalue weighted by Gasteiger charge is -2.09. The van der Waals surface area contributed by atoms with E-state index in [1.54, 1.807) is 31.2 Å². The number of rotatable bonds is 5. The van der Waals surface area contributed by atoms with E-state index in [1.165, 1.54) is 5.56 Å². The molecular weight excluding hydrogens is 232 g/mol. The second kappa shape index (κ2) is 5.68. The van der Waals surface area contributed by atoms with Crippen molar-refractivity contribution in [3.05, 3.63) is 48.5 Å². The topological polar surface area (TPSA) is 34.9 Å². The number of carbonyl (C=O) groups excluding carboxylic acids is 1. The zero-order valence-electron chi connectivity index (χ0n) is 9.67. The number of hydrogen-bond donors (Lipinski definition) is 0. The fourth-order valence-electron chi connectivity index (χ4n) is 1.59. The van der Waals surface area contributed by atoms with E-state index in [2.05, 4.69) is 17.1 Å². The van der Waals surface area contributed by atoms with Gasteiger partial charge in [-0.25, -0.2) is 4.98 Å². The first-order valence-corrected chi connectivity index (χ1v) is 6.56. The Hall–Kier alpha value is -1.55. The van der Waals surface area contributed by atoms with Crippen LogP contribution in [0.5, 0.6) is 0 Å². The number of nitrogens with zero attached hydrogens (tertiary/aromatic N) is 2. The van der Waals surface area contributed by atoms with Gasteiger partial charge in [0.1, 0.15) is 5.78 Å². The lowest BCUT2D eigenvalue weighted by atomic mass is 10.2. The van der Waals surface area contributed by atoms with Crippen molar-refractivity contribution < 1.29 is 4.79 Å². The average Bonchev–Trinajstić information content (AvgIpc) is 2.82. The van der Waals surface area contributed by atoms with Crippen LogP contribution >= 0.6 is 11.8 Å². The molecule has 0 atom stereocenters. The zero-order valence-corrected chi connectivity index (χ0v) is 10.5. The van der Waals surface area contributed by atoms with Gasteiger partial charge in [-0.3, -0.25) is 4.79 Å². The predicted octanol–water partition coefficient (Wildman–Crippen LogP) is 2.69. The van der Waals surface area contributed by atoms with Crippen LogP contribution in [-0.2, 0) is 10.5 Å². The van der Waals surface area contributed by atoms with Crippen LogP contribution in [0.1, 0.15) is 12.5 Å². The summed E-state index contributed by atoms with van der Waals surface area (Å²) in [6, 6.07) is 8.17. The number of benzene rings is 1. The van der Waals surface area contributed by atoms with Gasteiger partial charge in [-0.05, 0) is 18.6 Å². The molecule has 0 saturated heterocycles. The minimum Gasteiger partial charge on any atom is -0.306 e. The number of thioether (sulfide) groups is 1. The van der Waals surface area contributed by atoms with Crippen molar-refractivity contribution in [2.24, 2.45) is 0 Å². The number of aromatic nitrogens is 2. The Morgan fingerprint density at radius 2 is 2.24 bits per heavy atom. The van der Waals surface area contributed by atoms with Crippen LogP contribution in [0.25, 0.3) is 5.69 Å². The van der Waals surface area contributed by atoms with Crippen molar-refractivity contribution in [3.8, 4) is 5.69 Å². The number of ketones is 1. The maximum absolute atomic E-state index is 10.9. The average molecular weight is 246 g/mol. The molecule has 2 rings (SSSR count). The molecule has 0 aliphatic carbocycles. The highest BCUT2D eigenvalue weighted by atomic mass is 32.2. The molecule has 0 aliphatic rings. The Morgan fingerprint density at radius 3 is 2.94 bits per heavy atom. The molecule has 0 amide bonds. The monoisotopic (exact) mass is 246 g/mol. The van der Waals surface area contributed by atoms with Gasteiger partial charge >= 0.3 is 0 Å². The summed E-state index contributed by atoms with van der Waals surface area (Å²) in [6.45, 7) is 1.62. The summed E-state index contributed by atoms with van der Waals surface area (Å²) in [6.07, 6.45) is 5.47. The minimum absolute atomic E-state index is 0.218. The standard InChI is InChI=1S/C13H14N2OS/c1-11(16)8-17-9-12-4-2-3-5-13(12)15-7-6-14-10-15/h2-7,10H,8-9H2,1H3. The van der Waals surface area contributed by atoms with Crippen molar-refractivity contribution in [1.82, 2.24) is 9.55 Å². The maximum Gasteiger partial charge on any atom is 0.139 e. The SMILES string of the molecule is CC(=O)CSCc1ccccc1-n1ccnc1. The van der Waals surface area contributed by atoms with Crippen LogP contribution in [-0.4, -0.2) is 21.1 Å². The van der Waals surface area contributed by atoms with Gasteiger partial charge in [-0.1, -0.05) is 18.2 Å². The predicted molar refractivity (Wildman–Crippen MR) is 70.4 cm³/mol. The number of para-hydroxylation sites is 1. The van der Waals surface area contributed by atoms with E-state index in [9.17, 15) is 4.79 Å². The molecule has 1 aromatic carbocycles. The first kappa shape index (κ1) is 11.9. The van der Waals surface area contributed by atoms with E-state index in [0.29, 0.717) is 5.75 Å². The Morgan fingerprint density at radius 1 is 1.41 bits per heavy atom. The van der Waals surface area contributed by atoms with Gasteiger partial charge in [0.25, 0.3) is 0 Å². The van der Waals surface area contributed by atoms with Crippen LogP contribution < -0.4 is 0 Å². The molecule has 1 heterocycles. The summed E-state index contributed by atoms with van der Waals surface area (Å²) in [7, 11) is 0. The molecule has 0 spiro atoms. The van der Waals surface area contributed by atoms with Gasteiger partial charge in [-0.15, -0.1) is 11.8 Å². The highest BCUT2D eigenvalue weighted by Crippen LogP contribution is 2.19. The van der Waals surface area contributed by atoms with E-state index < -0.39 is 0 Å². The normalized spacial score (nSPS) is 10.4. The summed E-state index contributed by atoms with van der Waals surface area (Å²) in [5, 5.41) is 0. The third-order valence-corrected chi connectivity index (χ3v) is 3.46. The second-order valence-corrected chi connectivity index (χ2v) is 4.78. The highest BCUT2D eigenvalue weighted by molar-refractivity contribution is 7.99. The number of hydrogen-bond acceptors (Lipinski definition) is 3. The fraction of sp³-hybridized carbons (Fsp3) is 0.231. The summed E-state index contributed by atoms with van der Waals surface area (Å²) in [5.41, 5.74) is 2.35. The third-order valence-electron chi connectivity index (χ3n) is 2.34. The molecule has 88 valence electrons. The molecule has 3 nitrogen and oxygen atoms in total. The van der Waals surface area contributed by atoms with Gasteiger partial charge in [0.05, 0.1) is 17.8 Å². The number of Topliss-reactive ketones (excluding diaryl/α,β-unsaturated/α-hetero) is 1. The van der Waals surface area contributed by atoms with E-state index in [1.807, 2.05) is 22.9 Å². The molecular formula is C13H14N2OS. The van der Waals surface area contributed by atoms with Crippen molar-refractivity contribution in [2.45, 2.75) is 12.7 Å². The lowest BCUT2D eigenvalue weighted by Crippen LogP contribution is -1.98. The van der Waals surface area contributed by atoms with Crippen LogP contribution in [0.4, 0.5) is 0 Å². The number of imidazole rings is 1. The molecule has 0 unspecified atom stereocenters. The molecule has 2 aromatic rings. The molecule has 0 N–H and O–H groups in total. The fourth-order valence-corrected chi connectivity index (χ4v) is 2.44. The van der Waals surface area contributed by atoms with Crippen molar-refractivity contribution in [3.63, 3.8) is 0 Å². The van der Waals surface area contributed by atoms with Crippen molar-refractivity contribution >= 4 is 17.5 Å². The van der Waals surface area contributed by atoms with E-state index in [-0.39, 0.29) is 5.78 Å². The molecule has 4 heteroatoms. The molecule has 0 aliphatic heterocycles. The van der Waals surface area contributed by atoms with Gasteiger partial charge in [-0.2, -0.15) is 0 Å². The van der Waals surface area contributed by atoms with Crippen molar-refractivity contribution in [2.75, 3.05) is 5.75 Å². The van der Waals surface area contributed by atoms with Crippen LogP contribution in [0.2, 0.25) is 0 Å². The first-order chi connectivity index (χ1) is 8.27. The van der Waals surface area contributed by atoms with Crippen LogP contribution in [0.15, 0.2) is 43.0 Å². The van der Waals surface area contributed by atoms with Gasteiger partial charge in [0, 0.05) is 18.1 Å². The summed E-state index contributed by atoms with van der Waals surface area (Å²) >= 11 is 1.64. The lowest BCUT2D eigenvalue weighted by molar-refractivity contribution is -0.114.